The van der Waals surface area contributed by atoms with Crippen molar-refractivity contribution in [3.8, 4) is 0 Å². The molecule has 4 nitrogen and oxygen atoms in total. The van der Waals surface area contributed by atoms with Gasteiger partial charge in [0.1, 0.15) is 11.3 Å². The van der Waals surface area contributed by atoms with Crippen molar-refractivity contribution in [1.82, 2.24) is 9.88 Å². The molecule has 3 rings (SSSR count). The maximum Gasteiger partial charge on any atom is 0.416 e. The number of para-hydroxylation sites is 1. The van der Waals surface area contributed by atoms with Crippen molar-refractivity contribution in [2.24, 2.45) is 0 Å². The van der Waals surface area contributed by atoms with Gasteiger partial charge in [0, 0.05) is 18.7 Å². The summed E-state index contributed by atoms with van der Waals surface area (Å²) in [6, 6.07) is 8.57. The van der Waals surface area contributed by atoms with Crippen LogP contribution in [0, 0.1) is 5.82 Å². The van der Waals surface area contributed by atoms with Crippen LogP contribution in [-0.4, -0.2) is 43.0 Å². The number of aromatic nitrogens is 1. The van der Waals surface area contributed by atoms with Gasteiger partial charge in [0.2, 0.25) is 0 Å². The third-order valence-corrected chi connectivity index (χ3v) is 5.11. The summed E-state index contributed by atoms with van der Waals surface area (Å²) < 4.78 is 52.9. The Morgan fingerprint density at radius 3 is 2.32 bits per heavy atom. The van der Waals surface area contributed by atoms with Crippen LogP contribution in [-0.2, 0) is 6.18 Å². The number of alkyl halides is 3. The minimum Gasteiger partial charge on any atom is -0.308 e. The fraction of sp³-hybridized carbons (Fsp3) is 0.263. The summed E-state index contributed by atoms with van der Waals surface area (Å²) >= 11 is 1.16. The average molecular weight is 411 g/mol. The molecule has 0 radical (unpaired) electrons. The van der Waals surface area contributed by atoms with Gasteiger partial charge in [-0.05, 0) is 50.5 Å². The van der Waals surface area contributed by atoms with Crippen molar-refractivity contribution in [3.63, 3.8) is 0 Å². The van der Waals surface area contributed by atoms with E-state index in [0.29, 0.717) is 16.4 Å². The van der Waals surface area contributed by atoms with E-state index in [0.717, 1.165) is 35.6 Å². The molecule has 9 heteroatoms. The molecule has 28 heavy (non-hydrogen) atoms. The Labute approximate surface area is 163 Å². The van der Waals surface area contributed by atoms with Crippen molar-refractivity contribution < 1.29 is 22.4 Å². The predicted molar refractivity (Wildman–Crippen MR) is 101 cm³/mol. The van der Waals surface area contributed by atoms with Gasteiger partial charge in [-0.25, -0.2) is 9.37 Å². The smallest absolute Gasteiger partial charge is 0.308 e. The molecule has 1 aromatic heterocycles. The second-order valence-electron chi connectivity index (χ2n) is 6.42. The Balaban J connectivity index is 1.96. The van der Waals surface area contributed by atoms with E-state index in [1.165, 1.54) is 11.0 Å². The Morgan fingerprint density at radius 2 is 1.75 bits per heavy atom. The zero-order valence-corrected chi connectivity index (χ0v) is 15.9. The number of thiazole rings is 1. The summed E-state index contributed by atoms with van der Waals surface area (Å²) in [5.74, 6) is -0.982. The molecule has 1 amide bonds. The monoisotopic (exact) mass is 411 g/mol. The fourth-order valence-corrected chi connectivity index (χ4v) is 3.56. The number of halogens is 4. The largest absolute Gasteiger partial charge is 0.416 e. The van der Waals surface area contributed by atoms with E-state index in [1.54, 1.807) is 12.1 Å². The van der Waals surface area contributed by atoms with Gasteiger partial charge in [0.05, 0.1) is 10.3 Å². The first-order valence-corrected chi connectivity index (χ1v) is 9.17. The van der Waals surface area contributed by atoms with Gasteiger partial charge in [-0.1, -0.05) is 17.4 Å². The van der Waals surface area contributed by atoms with Crippen LogP contribution in [0.3, 0.4) is 0 Å². The summed E-state index contributed by atoms with van der Waals surface area (Å²) in [6.45, 7) is 0.763. The first-order valence-electron chi connectivity index (χ1n) is 8.35. The van der Waals surface area contributed by atoms with Crippen LogP contribution in [0.25, 0.3) is 10.2 Å². The molecule has 0 atom stereocenters. The van der Waals surface area contributed by atoms with E-state index in [-0.39, 0.29) is 17.6 Å². The number of carbonyl (C=O) groups excluding carboxylic acids is 1. The van der Waals surface area contributed by atoms with Crippen LogP contribution in [0.1, 0.15) is 15.9 Å². The summed E-state index contributed by atoms with van der Waals surface area (Å²) in [5.41, 5.74) is -0.560. The first-order chi connectivity index (χ1) is 13.2. The minimum absolute atomic E-state index is 0.103. The quantitative estimate of drug-likeness (QED) is 0.573. The predicted octanol–water partition coefficient (Wildman–Crippen LogP) is 4.66. The molecule has 0 saturated heterocycles. The lowest BCUT2D eigenvalue weighted by Crippen LogP contribution is -2.36. The van der Waals surface area contributed by atoms with Gasteiger partial charge < -0.3 is 4.90 Å². The third kappa shape index (κ3) is 4.31. The molecule has 3 aromatic rings. The normalized spacial score (nSPS) is 12.0. The zero-order valence-electron chi connectivity index (χ0n) is 15.1. The molecule has 0 aliphatic carbocycles. The molecule has 0 spiro atoms. The van der Waals surface area contributed by atoms with Crippen LogP contribution in [0.4, 0.5) is 22.7 Å². The maximum absolute atomic E-state index is 14.0. The lowest BCUT2D eigenvalue weighted by atomic mass is 10.1. The fourth-order valence-electron chi connectivity index (χ4n) is 2.56. The van der Waals surface area contributed by atoms with Crippen molar-refractivity contribution in [1.29, 1.82) is 0 Å². The highest BCUT2D eigenvalue weighted by Gasteiger charge is 2.31. The number of hydrogen-bond acceptors (Lipinski definition) is 4. The SMILES string of the molecule is CN(C)CCN(C(=O)c1ccc(C(F)(F)F)cc1)c1nc2c(F)cccc2s1. The van der Waals surface area contributed by atoms with Crippen molar-refractivity contribution in [2.45, 2.75) is 6.18 Å². The standard InChI is InChI=1S/C19H17F4N3OS/c1-25(2)10-11-26(18-24-16-14(20)4-3-5-15(16)28-18)17(27)12-6-8-13(9-7-12)19(21,22)23/h3-9H,10-11H2,1-2H3. The van der Waals surface area contributed by atoms with E-state index in [2.05, 4.69) is 4.98 Å². The third-order valence-electron chi connectivity index (χ3n) is 4.06. The van der Waals surface area contributed by atoms with Gasteiger partial charge >= 0.3 is 6.18 Å². The molecule has 0 aliphatic heterocycles. The summed E-state index contributed by atoms with van der Waals surface area (Å²) in [4.78, 5) is 20.5. The number of rotatable bonds is 5. The molecule has 1 heterocycles. The second-order valence-corrected chi connectivity index (χ2v) is 7.43. The molecule has 0 aliphatic rings. The van der Waals surface area contributed by atoms with Crippen molar-refractivity contribution in [2.75, 3.05) is 32.1 Å². The lowest BCUT2D eigenvalue weighted by Gasteiger charge is -2.22. The Hall–Kier alpha value is -2.52. The summed E-state index contributed by atoms with van der Waals surface area (Å²) in [5, 5.41) is 0.298. The molecular weight excluding hydrogens is 394 g/mol. The van der Waals surface area contributed by atoms with Crippen molar-refractivity contribution >= 4 is 32.6 Å². The number of anilines is 1. The molecule has 0 fully saturated rings. The number of nitrogens with zero attached hydrogens (tertiary/aromatic N) is 3. The summed E-state index contributed by atoms with van der Waals surface area (Å²) in [7, 11) is 3.66. The second kappa shape index (κ2) is 7.84. The van der Waals surface area contributed by atoms with Crippen molar-refractivity contribution in [3.05, 3.63) is 59.4 Å². The molecule has 0 N–H and O–H groups in total. The highest BCUT2D eigenvalue weighted by molar-refractivity contribution is 7.22. The van der Waals surface area contributed by atoms with Gasteiger partial charge in [-0.2, -0.15) is 13.2 Å². The maximum atomic E-state index is 14.0. The van der Waals surface area contributed by atoms with E-state index in [9.17, 15) is 22.4 Å². The minimum atomic E-state index is -4.48. The number of benzene rings is 2. The number of amides is 1. The molecular formula is C19H17F4N3OS. The van der Waals surface area contributed by atoms with Crippen LogP contribution in [0.2, 0.25) is 0 Å². The first kappa shape index (κ1) is 20.2. The number of likely N-dealkylation sites (N-methyl/N-ethyl adjacent to an activating group) is 1. The molecule has 0 unspecified atom stereocenters. The highest BCUT2D eigenvalue weighted by atomic mass is 32.1. The van der Waals surface area contributed by atoms with E-state index in [4.69, 9.17) is 0 Å². The number of hydrogen-bond donors (Lipinski definition) is 0. The molecule has 148 valence electrons. The van der Waals surface area contributed by atoms with Crippen LogP contribution in [0.15, 0.2) is 42.5 Å². The van der Waals surface area contributed by atoms with Crippen LogP contribution >= 0.6 is 11.3 Å². The number of carbonyl (C=O) groups is 1. The lowest BCUT2D eigenvalue weighted by molar-refractivity contribution is -0.137. The van der Waals surface area contributed by atoms with Crippen LogP contribution in [0.5, 0.6) is 0 Å². The molecule has 2 aromatic carbocycles. The topological polar surface area (TPSA) is 36.4 Å². The Kier molecular flexibility index (Phi) is 5.66. The van der Waals surface area contributed by atoms with Gasteiger partial charge in [-0.15, -0.1) is 0 Å². The molecule has 0 saturated carbocycles. The zero-order chi connectivity index (χ0) is 20.5. The Morgan fingerprint density at radius 1 is 1.07 bits per heavy atom. The van der Waals surface area contributed by atoms with E-state index < -0.39 is 23.5 Å². The summed E-state index contributed by atoms with van der Waals surface area (Å²) in [6.07, 6.45) is -4.48. The number of fused-ring (bicyclic) bond motifs is 1. The highest BCUT2D eigenvalue weighted by Crippen LogP contribution is 2.32. The average Bonchev–Trinajstić information content (AvgIpc) is 3.06. The van der Waals surface area contributed by atoms with Gasteiger partial charge in [0.25, 0.3) is 5.91 Å². The van der Waals surface area contributed by atoms with E-state index in [1.807, 2.05) is 19.0 Å². The molecule has 0 bridgehead atoms. The van der Waals surface area contributed by atoms with E-state index >= 15 is 0 Å². The van der Waals surface area contributed by atoms with Crippen LogP contribution < -0.4 is 4.90 Å². The Bertz CT molecular complexity index is 983. The van der Waals surface area contributed by atoms with Gasteiger partial charge in [-0.3, -0.25) is 9.69 Å². The van der Waals surface area contributed by atoms with Gasteiger partial charge in [0.15, 0.2) is 5.13 Å².